The van der Waals surface area contributed by atoms with Crippen LogP contribution in [-0.4, -0.2) is 43.0 Å². The van der Waals surface area contributed by atoms with Crippen LogP contribution >= 0.6 is 11.6 Å². The van der Waals surface area contributed by atoms with E-state index in [9.17, 15) is 18.4 Å². The van der Waals surface area contributed by atoms with Crippen molar-refractivity contribution in [3.8, 4) is 0 Å². The molecular weight excluding hydrogens is 464 g/mol. The Balaban J connectivity index is 1.53. The molecule has 0 aliphatic carbocycles. The van der Waals surface area contributed by atoms with Gasteiger partial charge in [0.25, 0.3) is 5.91 Å². The molecule has 0 spiro atoms. The summed E-state index contributed by atoms with van der Waals surface area (Å²) in [5.41, 5.74) is 4.96. The summed E-state index contributed by atoms with van der Waals surface area (Å²) in [6.45, 7) is 4.02. The van der Waals surface area contributed by atoms with E-state index < -0.39 is 11.6 Å². The molecule has 1 aliphatic rings. The maximum Gasteiger partial charge on any atom is 0.265 e. The highest BCUT2D eigenvalue weighted by Crippen LogP contribution is 2.28. The lowest BCUT2D eigenvalue weighted by molar-refractivity contribution is 0.0126. The summed E-state index contributed by atoms with van der Waals surface area (Å²) < 4.78 is 32.3. The quantitative estimate of drug-likeness (QED) is 0.487. The number of amides is 1. The van der Waals surface area contributed by atoms with Crippen molar-refractivity contribution in [3.05, 3.63) is 93.5 Å². The number of halogens is 3. The van der Waals surface area contributed by atoms with Crippen LogP contribution in [0.1, 0.15) is 31.8 Å². The summed E-state index contributed by atoms with van der Waals surface area (Å²) in [6, 6.07) is 12.7. The second-order valence-corrected chi connectivity index (χ2v) is 8.25. The number of carbonyl (C=O) groups excluding carboxylic acids is 2. The van der Waals surface area contributed by atoms with E-state index in [1.165, 1.54) is 18.2 Å². The average molecular weight is 486 g/mol. The number of hydrogen-bond acceptors (Lipinski definition) is 5. The number of hydrogen-bond donors (Lipinski definition) is 2. The Morgan fingerprint density at radius 3 is 2.44 bits per heavy atom. The maximum absolute atomic E-state index is 13.9. The fourth-order valence-electron chi connectivity index (χ4n) is 3.56. The van der Waals surface area contributed by atoms with E-state index in [1.54, 1.807) is 36.2 Å². The first-order valence-corrected chi connectivity index (χ1v) is 11.0. The lowest BCUT2D eigenvalue weighted by Gasteiger charge is -2.27. The van der Waals surface area contributed by atoms with Crippen molar-refractivity contribution < 1.29 is 23.1 Å². The van der Waals surface area contributed by atoms with Gasteiger partial charge in [0.1, 0.15) is 11.6 Å². The van der Waals surface area contributed by atoms with E-state index in [0.717, 1.165) is 12.1 Å². The zero-order valence-corrected chi connectivity index (χ0v) is 19.1. The van der Waals surface area contributed by atoms with Gasteiger partial charge in [0.2, 0.25) is 0 Å². The molecular formula is C25H22ClF2N3O3. The molecule has 0 radical (unpaired) electrons. The number of nitrogens with zero attached hydrogens (tertiary/aromatic N) is 1. The molecule has 1 heterocycles. The average Bonchev–Trinajstić information content (AvgIpc) is 2.81. The van der Waals surface area contributed by atoms with Crippen LogP contribution in [0.25, 0.3) is 0 Å². The van der Waals surface area contributed by atoms with Gasteiger partial charge in [-0.1, -0.05) is 17.7 Å². The Labute approximate surface area is 200 Å². The molecule has 1 amide bonds. The van der Waals surface area contributed by atoms with E-state index in [1.807, 2.05) is 0 Å². The van der Waals surface area contributed by atoms with Gasteiger partial charge in [-0.15, -0.1) is 0 Å². The van der Waals surface area contributed by atoms with Gasteiger partial charge >= 0.3 is 0 Å². The van der Waals surface area contributed by atoms with Crippen LogP contribution in [0.5, 0.6) is 0 Å². The molecule has 3 aromatic carbocycles. The number of carbonyl (C=O) groups is 2. The van der Waals surface area contributed by atoms with Crippen LogP contribution in [-0.2, 0) is 4.74 Å². The van der Waals surface area contributed by atoms with Gasteiger partial charge in [0.15, 0.2) is 5.78 Å². The third kappa shape index (κ3) is 5.41. The van der Waals surface area contributed by atoms with Crippen molar-refractivity contribution in [1.82, 2.24) is 10.4 Å². The predicted octanol–water partition coefficient (Wildman–Crippen LogP) is 4.88. The number of aryl methyl sites for hydroxylation is 1. The second-order valence-electron chi connectivity index (χ2n) is 7.84. The normalized spacial score (nSPS) is 14.0. The maximum atomic E-state index is 13.9. The Bertz CT molecular complexity index is 1250. The van der Waals surface area contributed by atoms with E-state index in [0.29, 0.717) is 48.7 Å². The lowest BCUT2D eigenvalue weighted by atomic mass is 9.96. The molecule has 3 aromatic rings. The number of nitrogens with one attached hydrogen (secondary N) is 2. The molecule has 0 saturated carbocycles. The highest BCUT2D eigenvalue weighted by atomic mass is 35.5. The van der Waals surface area contributed by atoms with Crippen molar-refractivity contribution in [2.24, 2.45) is 0 Å². The molecule has 0 bridgehead atoms. The number of ether oxygens (including phenoxy) is 1. The van der Waals surface area contributed by atoms with E-state index in [4.69, 9.17) is 16.3 Å². The molecule has 0 unspecified atom stereocenters. The number of morpholine rings is 1. The lowest BCUT2D eigenvalue weighted by Crippen LogP contribution is -2.48. The first-order valence-electron chi connectivity index (χ1n) is 10.6. The third-order valence-corrected chi connectivity index (χ3v) is 5.75. The molecule has 0 aromatic heterocycles. The van der Waals surface area contributed by atoms with Crippen molar-refractivity contribution in [2.45, 2.75) is 6.92 Å². The molecule has 34 heavy (non-hydrogen) atoms. The molecule has 1 saturated heterocycles. The van der Waals surface area contributed by atoms with Gasteiger partial charge in [-0.05, 0) is 55.0 Å². The molecule has 2 N–H and O–H groups in total. The van der Waals surface area contributed by atoms with Crippen molar-refractivity contribution in [2.75, 3.05) is 31.6 Å². The standard InChI is InChI=1S/C25H22ClF2N3O3/c1-15-2-3-16(25(33)30-31-8-10-34-11-9-31)12-20(15)24(32)19-6-5-18(14-21(19)26)29-23-7-4-17(27)13-22(23)28/h2-7,12-14,29H,8-11H2,1H3,(H,30,33). The minimum Gasteiger partial charge on any atom is -0.379 e. The van der Waals surface area contributed by atoms with Crippen LogP contribution < -0.4 is 10.7 Å². The molecule has 4 rings (SSSR count). The Morgan fingerprint density at radius 1 is 0.971 bits per heavy atom. The highest BCUT2D eigenvalue weighted by Gasteiger charge is 2.20. The molecule has 1 fully saturated rings. The zero-order valence-electron chi connectivity index (χ0n) is 18.3. The number of anilines is 2. The number of hydrazine groups is 1. The Hall–Kier alpha value is -3.33. The van der Waals surface area contributed by atoms with E-state index in [2.05, 4.69) is 10.7 Å². The van der Waals surface area contributed by atoms with E-state index >= 15 is 0 Å². The first kappa shape index (κ1) is 23.8. The minimum atomic E-state index is -0.751. The fraction of sp³-hybridized carbons (Fsp3) is 0.200. The number of benzene rings is 3. The highest BCUT2D eigenvalue weighted by molar-refractivity contribution is 6.35. The van der Waals surface area contributed by atoms with Crippen LogP contribution in [0.2, 0.25) is 5.02 Å². The summed E-state index contributed by atoms with van der Waals surface area (Å²) in [5, 5.41) is 4.75. The van der Waals surface area contributed by atoms with Gasteiger partial charge < -0.3 is 10.1 Å². The third-order valence-electron chi connectivity index (χ3n) is 5.44. The summed E-state index contributed by atoms with van der Waals surface area (Å²) in [5.74, 6) is -2.09. The van der Waals surface area contributed by atoms with Gasteiger partial charge in [0, 0.05) is 41.5 Å². The van der Waals surface area contributed by atoms with Crippen LogP contribution in [0.4, 0.5) is 20.2 Å². The predicted molar refractivity (Wildman–Crippen MR) is 126 cm³/mol. The molecule has 176 valence electrons. The van der Waals surface area contributed by atoms with E-state index in [-0.39, 0.29) is 28.0 Å². The number of rotatable bonds is 6. The Kier molecular flexibility index (Phi) is 7.21. The van der Waals surface area contributed by atoms with Gasteiger partial charge in [-0.25, -0.2) is 13.8 Å². The summed E-state index contributed by atoms with van der Waals surface area (Å²) in [7, 11) is 0. The van der Waals surface area contributed by atoms with Crippen molar-refractivity contribution in [3.63, 3.8) is 0 Å². The number of ketones is 1. The monoisotopic (exact) mass is 485 g/mol. The first-order chi connectivity index (χ1) is 16.3. The molecule has 0 atom stereocenters. The SMILES string of the molecule is Cc1ccc(C(=O)NN2CCOCC2)cc1C(=O)c1ccc(Nc2ccc(F)cc2F)cc1Cl. The molecule has 1 aliphatic heterocycles. The van der Waals surface area contributed by atoms with Crippen LogP contribution in [0.3, 0.4) is 0 Å². The second kappa shape index (κ2) is 10.3. The van der Waals surface area contributed by atoms with Crippen LogP contribution in [0.15, 0.2) is 54.6 Å². The minimum absolute atomic E-state index is 0.0753. The Morgan fingerprint density at radius 2 is 1.74 bits per heavy atom. The van der Waals surface area contributed by atoms with Crippen molar-refractivity contribution in [1.29, 1.82) is 0 Å². The molecule has 9 heteroatoms. The van der Waals surface area contributed by atoms with Crippen molar-refractivity contribution >= 4 is 34.7 Å². The summed E-state index contributed by atoms with van der Waals surface area (Å²) >= 11 is 6.38. The van der Waals surface area contributed by atoms with Crippen LogP contribution in [0, 0.1) is 18.6 Å². The largest absolute Gasteiger partial charge is 0.379 e. The smallest absolute Gasteiger partial charge is 0.265 e. The summed E-state index contributed by atoms with van der Waals surface area (Å²) in [4.78, 5) is 25.9. The van der Waals surface area contributed by atoms with Gasteiger partial charge in [-0.3, -0.25) is 15.0 Å². The topological polar surface area (TPSA) is 70.7 Å². The van der Waals surface area contributed by atoms with Gasteiger partial charge in [-0.2, -0.15) is 0 Å². The van der Waals surface area contributed by atoms with Gasteiger partial charge in [0.05, 0.1) is 23.9 Å². The fourth-order valence-corrected chi connectivity index (χ4v) is 3.83. The molecule has 6 nitrogen and oxygen atoms in total. The summed E-state index contributed by atoms with van der Waals surface area (Å²) in [6.07, 6.45) is 0. The zero-order chi connectivity index (χ0) is 24.2.